The Morgan fingerprint density at radius 2 is 1.83 bits per heavy atom. The van der Waals surface area contributed by atoms with Crippen LogP contribution in [0.1, 0.15) is 33.3 Å². The number of benzene rings is 1. The topological polar surface area (TPSA) is 44.4 Å². The molecule has 1 aliphatic rings. The zero-order valence-corrected chi connectivity index (χ0v) is 16.2. The van der Waals surface area contributed by atoms with Gasteiger partial charge in [0.25, 0.3) is 0 Å². The van der Waals surface area contributed by atoms with Crippen molar-refractivity contribution < 1.29 is 4.79 Å². The molecule has 5 heteroatoms. The van der Waals surface area contributed by atoms with Gasteiger partial charge in [0, 0.05) is 42.4 Å². The fraction of sp³-hybridized carbons (Fsp3) is 0.632. The van der Waals surface area contributed by atoms with Gasteiger partial charge >= 0.3 is 0 Å². The number of thioether (sulfide) groups is 1. The van der Waals surface area contributed by atoms with Crippen LogP contribution in [0.3, 0.4) is 0 Å². The van der Waals surface area contributed by atoms with Gasteiger partial charge in [-0.05, 0) is 51.8 Å². The smallest absolute Gasteiger partial charge is 0.242 e. The third-order valence-corrected chi connectivity index (χ3v) is 4.99. The molecule has 0 aromatic heterocycles. The van der Waals surface area contributed by atoms with Gasteiger partial charge in [-0.1, -0.05) is 12.1 Å². The number of rotatable bonds is 6. The van der Waals surface area contributed by atoms with Gasteiger partial charge in [0.05, 0.1) is 0 Å². The number of amides is 1. The highest BCUT2D eigenvalue weighted by molar-refractivity contribution is 7.99. The van der Waals surface area contributed by atoms with Gasteiger partial charge < -0.3 is 15.5 Å². The summed E-state index contributed by atoms with van der Waals surface area (Å²) in [5.74, 6) is 2.55. The Balaban J connectivity index is 1.79. The lowest BCUT2D eigenvalue weighted by Gasteiger charge is -2.26. The van der Waals surface area contributed by atoms with Gasteiger partial charge in [-0.25, -0.2) is 0 Å². The first kappa shape index (κ1) is 19.1. The fourth-order valence-corrected chi connectivity index (χ4v) is 3.65. The molecule has 1 unspecified atom stereocenters. The van der Waals surface area contributed by atoms with Crippen molar-refractivity contribution in [2.75, 3.05) is 36.5 Å². The van der Waals surface area contributed by atoms with Crippen molar-refractivity contribution in [3.05, 3.63) is 29.8 Å². The summed E-state index contributed by atoms with van der Waals surface area (Å²) in [6, 6.07) is 8.22. The fourth-order valence-electron chi connectivity index (χ4n) is 2.67. The number of hydrogen-bond acceptors (Lipinski definition) is 4. The second kappa shape index (κ2) is 8.77. The van der Waals surface area contributed by atoms with Gasteiger partial charge in [0.15, 0.2) is 0 Å². The molecule has 1 aliphatic heterocycles. The van der Waals surface area contributed by atoms with E-state index in [1.165, 1.54) is 30.2 Å². The number of carbonyl (C=O) groups is 1. The normalized spacial score (nSPS) is 17.3. The number of anilines is 1. The number of nitrogens with one attached hydrogen (secondary N) is 2. The molecule has 1 fully saturated rings. The van der Waals surface area contributed by atoms with E-state index < -0.39 is 0 Å². The first-order chi connectivity index (χ1) is 11.3. The summed E-state index contributed by atoms with van der Waals surface area (Å²) in [6.45, 7) is 11.4. The molecule has 0 spiro atoms. The molecule has 134 valence electrons. The van der Waals surface area contributed by atoms with Crippen molar-refractivity contribution in [1.82, 2.24) is 10.2 Å². The molecule has 0 radical (unpaired) electrons. The lowest BCUT2D eigenvalue weighted by atomic mass is 10.1. The summed E-state index contributed by atoms with van der Waals surface area (Å²) >= 11 is 2.05. The predicted octanol–water partition coefficient (Wildman–Crippen LogP) is 2.99. The largest absolute Gasteiger partial charge is 0.374 e. The average Bonchev–Trinajstić information content (AvgIpc) is 2.53. The minimum absolute atomic E-state index is 0.0227. The average molecular weight is 350 g/mol. The van der Waals surface area contributed by atoms with Crippen LogP contribution in [0.2, 0.25) is 0 Å². The Morgan fingerprint density at radius 1 is 1.21 bits per heavy atom. The van der Waals surface area contributed by atoms with E-state index in [1.807, 2.05) is 27.7 Å². The molecule has 1 amide bonds. The lowest BCUT2D eigenvalue weighted by Crippen LogP contribution is -2.47. The van der Waals surface area contributed by atoms with Crippen molar-refractivity contribution in [1.29, 1.82) is 0 Å². The van der Waals surface area contributed by atoms with Gasteiger partial charge in [0.1, 0.15) is 6.04 Å². The Morgan fingerprint density at radius 3 is 2.42 bits per heavy atom. The Kier molecular flexibility index (Phi) is 6.99. The summed E-state index contributed by atoms with van der Waals surface area (Å²) in [6.07, 6.45) is 1.09. The molecule has 1 aromatic carbocycles. The summed E-state index contributed by atoms with van der Waals surface area (Å²) in [7, 11) is 0. The second-order valence-corrected chi connectivity index (χ2v) is 8.73. The summed E-state index contributed by atoms with van der Waals surface area (Å²) in [5, 5.41) is 6.27. The summed E-state index contributed by atoms with van der Waals surface area (Å²) in [4.78, 5) is 14.7. The van der Waals surface area contributed by atoms with Crippen molar-refractivity contribution >= 4 is 23.4 Å². The Hall–Kier alpha value is -1.20. The molecular formula is C19H31N3OS. The molecule has 0 saturated carbocycles. The molecule has 1 atom stereocenters. The molecule has 2 rings (SSSR count). The molecular weight excluding hydrogens is 318 g/mol. The lowest BCUT2D eigenvalue weighted by molar-refractivity contribution is -0.122. The molecule has 2 N–H and O–H groups in total. The third-order valence-electron chi connectivity index (χ3n) is 4.05. The van der Waals surface area contributed by atoms with E-state index >= 15 is 0 Å². The minimum Gasteiger partial charge on any atom is -0.374 e. The maximum atomic E-state index is 12.1. The second-order valence-electron chi connectivity index (χ2n) is 7.51. The van der Waals surface area contributed by atoms with E-state index in [-0.39, 0.29) is 17.5 Å². The highest BCUT2D eigenvalue weighted by atomic mass is 32.2. The van der Waals surface area contributed by atoms with Crippen molar-refractivity contribution in [2.24, 2.45) is 0 Å². The standard InChI is InChI=1S/C19H31N3OS/c1-15(18(23)21-19(2,3)4)20-17-7-5-16(6-8-17)9-10-22-11-13-24-14-12-22/h5-8,15,20H,9-14H2,1-4H3,(H,21,23). The zero-order chi connectivity index (χ0) is 17.6. The first-order valence-corrected chi connectivity index (χ1v) is 9.96. The molecule has 0 aliphatic carbocycles. The van der Waals surface area contributed by atoms with E-state index in [2.05, 4.69) is 51.6 Å². The van der Waals surface area contributed by atoms with Crippen LogP contribution in [0.15, 0.2) is 24.3 Å². The SMILES string of the molecule is CC(Nc1ccc(CCN2CCSCC2)cc1)C(=O)NC(C)(C)C. The van der Waals surface area contributed by atoms with Crippen LogP contribution in [-0.2, 0) is 11.2 Å². The van der Waals surface area contributed by atoms with Crippen LogP contribution >= 0.6 is 11.8 Å². The molecule has 4 nitrogen and oxygen atoms in total. The molecule has 1 heterocycles. The van der Waals surface area contributed by atoms with E-state index in [0.717, 1.165) is 18.7 Å². The van der Waals surface area contributed by atoms with Crippen LogP contribution in [-0.4, -0.2) is 53.5 Å². The quantitative estimate of drug-likeness (QED) is 0.829. The van der Waals surface area contributed by atoms with Crippen LogP contribution in [0.4, 0.5) is 5.69 Å². The van der Waals surface area contributed by atoms with E-state index in [9.17, 15) is 4.79 Å². The summed E-state index contributed by atoms with van der Waals surface area (Å²) < 4.78 is 0. The monoisotopic (exact) mass is 349 g/mol. The van der Waals surface area contributed by atoms with Gasteiger partial charge in [0.2, 0.25) is 5.91 Å². The Labute approximate surface area is 150 Å². The number of nitrogens with zero attached hydrogens (tertiary/aromatic N) is 1. The van der Waals surface area contributed by atoms with E-state index in [0.29, 0.717) is 0 Å². The van der Waals surface area contributed by atoms with Crippen LogP contribution in [0, 0.1) is 0 Å². The summed E-state index contributed by atoms with van der Waals surface area (Å²) in [5.41, 5.74) is 2.14. The maximum Gasteiger partial charge on any atom is 0.242 e. The predicted molar refractivity (Wildman–Crippen MR) is 105 cm³/mol. The zero-order valence-electron chi connectivity index (χ0n) is 15.4. The Bertz CT molecular complexity index is 518. The van der Waals surface area contributed by atoms with E-state index in [1.54, 1.807) is 0 Å². The highest BCUT2D eigenvalue weighted by Gasteiger charge is 2.19. The van der Waals surface area contributed by atoms with Crippen molar-refractivity contribution in [2.45, 2.75) is 45.7 Å². The number of hydrogen-bond donors (Lipinski definition) is 2. The molecule has 24 heavy (non-hydrogen) atoms. The molecule has 1 aromatic rings. The van der Waals surface area contributed by atoms with Crippen LogP contribution < -0.4 is 10.6 Å². The molecule has 0 bridgehead atoms. The maximum absolute atomic E-state index is 12.1. The van der Waals surface area contributed by atoms with Crippen LogP contribution in [0.5, 0.6) is 0 Å². The number of carbonyl (C=O) groups excluding carboxylic acids is 1. The van der Waals surface area contributed by atoms with Crippen molar-refractivity contribution in [3.8, 4) is 0 Å². The van der Waals surface area contributed by atoms with Gasteiger partial charge in [-0.15, -0.1) is 0 Å². The van der Waals surface area contributed by atoms with E-state index in [4.69, 9.17) is 0 Å². The van der Waals surface area contributed by atoms with Gasteiger partial charge in [-0.3, -0.25) is 4.79 Å². The third kappa shape index (κ3) is 6.73. The minimum atomic E-state index is -0.249. The van der Waals surface area contributed by atoms with Crippen molar-refractivity contribution in [3.63, 3.8) is 0 Å². The van der Waals surface area contributed by atoms with Gasteiger partial charge in [-0.2, -0.15) is 11.8 Å². The van der Waals surface area contributed by atoms with Crippen LogP contribution in [0.25, 0.3) is 0 Å². The first-order valence-electron chi connectivity index (χ1n) is 8.81. The highest BCUT2D eigenvalue weighted by Crippen LogP contribution is 2.14. The molecule has 1 saturated heterocycles.